The van der Waals surface area contributed by atoms with Crippen LogP contribution in [0.5, 0.6) is 5.75 Å². The summed E-state index contributed by atoms with van der Waals surface area (Å²) in [7, 11) is 1.23. The van der Waals surface area contributed by atoms with E-state index >= 15 is 0 Å². The second-order valence-corrected chi connectivity index (χ2v) is 4.60. The number of aromatic hydroxyl groups is 1. The third-order valence-electron chi connectivity index (χ3n) is 3.34. The maximum Gasteiger partial charge on any atom is 0.235 e. The Hall–Kier alpha value is -2.89. The van der Waals surface area contributed by atoms with Crippen molar-refractivity contribution in [2.24, 2.45) is 0 Å². The molecule has 1 aromatic carbocycles. The number of hydrogen-bond donors (Lipinski definition) is 3. The highest BCUT2D eigenvalue weighted by Crippen LogP contribution is 2.41. The monoisotopic (exact) mass is 288 g/mol. The van der Waals surface area contributed by atoms with Gasteiger partial charge in [-0.15, -0.1) is 0 Å². The number of methoxy groups -OCH3 is 1. The van der Waals surface area contributed by atoms with Gasteiger partial charge < -0.3 is 24.8 Å². The fourth-order valence-electron chi connectivity index (χ4n) is 2.28. The van der Waals surface area contributed by atoms with Crippen LogP contribution in [-0.4, -0.2) is 28.2 Å². The van der Waals surface area contributed by atoms with Crippen molar-refractivity contribution >= 4 is 5.78 Å². The molecule has 1 aromatic rings. The van der Waals surface area contributed by atoms with Gasteiger partial charge in [0.05, 0.1) is 12.7 Å². The summed E-state index contributed by atoms with van der Waals surface area (Å²) in [5.41, 5.74) is 0.783. The van der Waals surface area contributed by atoms with Crippen LogP contribution < -0.4 is 0 Å². The molecule has 0 bridgehead atoms. The van der Waals surface area contributed by atoms with Gasteiger partial charge >= 0.3 is 0 Å². The Labute approximate surface area is 119 Å². The quantitative estimate of drug-likeness (QED) is 0.771. The molecule has 0 saturated heterocycles. The number of Topliss-reactive ketones (excluding diaryl/α,β-unsaturated/α-hetero) is 1. The van der Waals surface area contributed by atoms with E-state index in [9.17, 15) is 20.1 Å². The standard InChI is InChI=1S/C15H12O6/c1-20-15-12(18)11(17)9-6-10(21-14(9)13(15)19)7-2-4-8(16)5-3-7/h2-6,10,16,18-19H,1H3. The Kier molecular flexibility index (Phi) is 2.86. The summed E-state index contributed by atoms with van der Waals surface area (Å²) in [5.74, 6) is -1.95. The van der Waals surface area contributed by atoms with Crippen molar-refractivity contribution in [3.63, 3.8) is 0 Å². The van der Waals surface area contributed by atoms with Crippen molar-refractivity contribution in [1.82, 2.24) is 0 Å². The average Bonchev–Trinajstić information content (AvgIpc) is 2.92. The van der Waals surface area contributed by atoms with Crippen molar-refractivity contribution < 1.29 is 29.6 Å². The normalized spacial score (nSPS) is 21.1. The van der Waals surface area contributed by atoms with Crippen LogP contribution in [0, 0.1) is 0 Å². The average molecular weight is 288 g/mol. The number of carbonyl (C=O) groups excluding carboxylic acids is 1. The molecule has 21 heavy (non-hydrogen) atoms. The summed E-state index contributed by atoms with van der Waals surface area (Å²) < 4.78 is 10.4. The fraction of sp³-hybridized carbons (Fsp3) is 0.133. The van der Waals surface area contributed by atoms with E-state index < -0.39 is 23.4 Å². The number of benzene rings is 1. The van der Waals surface area contributed by atoms with Crippen molar-refractivity contribution in [3.05, 3.63) is 64.5 Å². The van der Waals surface area contributed by atoms with Gasteiger partial charge in [0, 0.05) is 0 Å². The minimum absolute atomic E-state index is 0.0206. The van der Waals surface area contributed by atoms with Crippen molar-refractivity contribution in [2.75, 3.05) is 7.11 Å². The predicted molar refractivity (Wildman–Crippen MR) is 71.3 cm³/mol. The SMILES string of the molecule is COC1=C(O)C(=O)C2=CC(c3ccc(O)cc3)OC2=C1O. The number of phenols is 1. The molecule has 1 atom stereocenters. The molecule has 0 amide bonds. The lowest BCUT2D eigenvalue weighted by atomic mass is 9.99. The van der Waals surface area contributed by atoms with Crippen LogP contribution >= 0.6 is 0 Å². The van der Waals surface area contributed by atoms with Crippen LogP contribution in [0.4, 0.5) is 0 Å². The Bertz CT molecular complexity index is 708. The molecule has 6 heteroatoms. The number of ketones is 1. The molecular formula is C15H12O6. The zero-order chi connectivity index (χ0) is 15.1. The van der Waals surface area contributed by atoms with E-state index in [1.54, 1.807) is 12.1 Å². The molecule has 1 aliphatic carbocycles. The fourth-order valence-corrected chi connectivity index (χ4v) is 2.28. The van der Waals surface area contributed by atoms with Gasteiger partial charge in [-0.1, -0.05) is 12.1 Å². The van der Waals surface area contributed by atoms with Gasteiger partial charge in [-0.2, -0.15) is 0 Å². The maximum absolute atomic E-state index is 12.0. The summed E-state index contributed by atoms with van der Waals surface area (Å²) in [5, 5.41) is 29.0. The third-order valence-corrected chi connectivity index (χ3v) is 3.34. The molecular weight excluding hydrogens is 276 g/mol. The van der Waals surface area contributed by atoms with Crippen LogP contribution in [-0.2, 0) is 14.3 Å². The molecule has 1 unspecified atom stereocenters. The minimum Gasteiger partial charge on any atom is -0.508 e. The summed E-state index contributed by atoms with van der Waals surface area (Å²) in [6, 6.07) is 6.26. The second-order valence-electron chi connectivity index (χ2n) is 4.60. The van der Waals surface area contributed by atoms with Crippen LogP contribution in [0.2, 0.25) is 0 Å². The maximum atomic E-state index is 12.0. The van der Waals surface area contributed by atoms with Gasteiger partial charge in [-0.25, -0.2) is 0 Å². The van der Waals surface area contributed by atoms with Crippen LogP contribution in [0.1, 0.15) is 11.7 Å². The number of allylic oxidation sites excluding steroid dienone is 2. The lowest BCUT2D eigenvalue weighted by molar-refractivity contribution is -0.115. The topological polar surface area (TPSA) is 96.2 Å². The number of hydrogen-bond acceptors (Lipinski definition) is 6. The van der Waals surface area contributed by atoms with E-state index in [1.807, 2.05) is 0 Å². The molecule has 1 aliphatic heterocycles. The molecule has 0 spiro atoms. The van der Waals surface area contributed by atoms with E-state index in [2.05, 4.69) is 0 Å². The lowest BCUT2D eigenvalue weighted by Crippen LogP contribution is -2.18. The van der Waals surface area contributed by atoms with Crippen molar-refractivity contribution in [1.29, 1.82) is 0 Å². The number of fused-ring (bicyclic) bond motifs is 1. The first-order chi connectivity index (χ1) is 10.0. The Morgan fingerprint density at radius 1 is 1.10 bits per heavy atom. The molecule has 3 rings (SSSR count). The highest BCUT2D eigenvalue weighted by Gasteiger charge is 2.39. The number of aliphatic hydroxyl groups excluding tert-OH is 2. The highest BCUT2D eigenvalue weighted by molar-refractivity contribution is 6.11. The molecule has 0 radical (unpaired) electrons. The summed E-state index contributed by atoms with van der Waals surface area (Å²) in [6.07, 6.45) is 0.911. The predicted octanol–water partition coefficient (Wildman–Crippen LogP) is 2.16. The van der Waals surface area contributed by atoms with E-state index in [0.29, 0.717) is 5.56 Å². The van der Waals surface area contributed by atoms with Crippen LogP contribution in [0.3, 0.4) is 0 Å². The van der Waals surface area contributed by atoms with Crippen molar-refractivity contribution in [2.45, 2.75) is 6.10 Å². The van der Waals surface area contributed by atoms with Gasteiger partial charge in [0.15, 0.2) is 5.76 Å². The molecule has 2 aliphatic rings. The van der Waals surface area contributed by atoms with E-state index in [4.69, 9.17) is 9.47 Å². The van der Waals surface area contributed by atoms with E-state index in [-0.39, 0.29) is 22.8 Å². The number of carbonyl (C=O) groups is 1. The van der Waals surface area contributed by atoms with Gasteiger partial charge in [0.2, 0.25) is 23.1 Å². The first-order valence-corrected chi connectivity index (χ1v) is 6.16. The van der Waals surface area contributed by atoms with Gasteiger partial charge in [-0.3, -0.25) is 4.79 Å². The first-order valence-electron chi connectivity index (χ1n) is 6.16. The molecule has 0 aromatic heterocycles. The highest BCUT2D eigenvalue weighted by atomic mass is 16.5. The largest absolute Gasteiger partial charge is 0.508 e. The molecule has 108 valence electrons. The van der Waals surface area contributed by atoms with Crippen LogP contribution in [0.25, 0.3) is 0 Å². The number of ether oxygens (including phenoxy) is 2. The summed E-state index contributed by atoms with van der Waals surface area (Å²) in [4.78, 5) is 12.0. The first kappa shape index (κ1) is 13.1. The molecule has 0 saturated carbocycles. The number of phenolic OH excluding ortho intramolecular Hbond substituents is 1. The van der Waals surface area contributed by atoms with Gasteiger partial charge in [0.25, 0.3) is 0 Å². The molecule has 1 heterocycles. The van der Waals surface area contributed by atoms with Gasteiger partial charge in [-0.05, 0) is 23.8 Å². The molecule has 0 fully saturated rings. The number of aliphatic hydroxyl groups is 2. The zero-order valence-corrected chi connectivity index (χ0v) is 11.0. The lowest BCUT2D eigenvalue weighted by Gasteiger charge is -2.17. The van der Waals surface area contributed by atoms with Crippen molar-refractivity contribution in [3.8, 4) is 5.75 Å². The Morgan fingerprint density at radius 3 is 2.38 bits per heavy atom. The molecule has 3 N–H and O–H groups in total. The summed E-state index contributed by atoms with van der Waals surface area (Å²) in [6.45, 7) is 0. The molecule has 6 nitrogen and oxygen atoms in total. The summed E-state index contributed by atoms with van der Waals surface area (Å²) >= 11 is 0. The smallest absolute Gasteiger partial charge is 0.235 e. The second kappa shape index (κ2) is 4.59. The Balaban J connectivity index is 2.02. The Morgan fingerprint density at radius 2 is 1.76 bits per heavy atom. The zero-order valence-electron chi connectivity index (χ0n) is 11.0. The third kappa shape index (κ3) is 1.92. The van der Waals surface area contributed by atoms with E-state index in [0.717, 1.165) is 0 Å². The van der Waals surface area contributed by atoms with Gasteiger partial charge in [0.1, 0.15) is 11.9 Å². The van der Waals surface area contributed by atoms with E-state index in [1.165, 1.54) is 25.3 Å². The van der Waals surface area contributed by atoms with Crippen LogP contribution in [0.15, 0.2) is 59.0 Å². The number of rotatable bonds is 2. The minimum atomic E-state index is -0.666.